The van der Waals surface area contributed by atoms with Gasteiger partial charge >= 0.3 is 0 Å². The molecule has 226 valence electrons. The summed E-state index contributed by atoms with van der Waals surface area (Å²) in [6.45, 7) is 26.7. The fraction of sp³-hybridized carbons (Fsp3) is 0.553. The van der Waals surface area contributed by atoms with E-state index < -0.39 is 0 Å². The van der Waals surface area contributed by atoms with Crippen LogP contribution in [0.15, 0.2) is 61.2 Å². The first kappa shape index (κ1) is 39.7. The predicted molar refractivity (Wildman–Crippen MR) is 183 cm³/mol. The van der Waals surface area contributed by atoms with Crippen LogP contribution in [-0.4, -0.2) is 18.2 Å². The SMILES string of the molecule is C=C/C(=C\CCC(C)CC)c1cc(/C=C\CCOCCC)nc(CCCc2ccccc2)c1C.CC.CC.CC. The molecule has 0 fully saturated rings. The summed E-state index contributed by atoms with van der Waals surface area (Å²) in [5, 5.41) is 0. The lowest BCUT2D eigenvalue weighted by atomic mass is 9.94. The Kier molecular flexibility index (Phi) is 27.9. The van der Waals surface area contributed by atoms with Gasteiger partial charge in [0.2, 0.25) is 0 Å². The maximum absolute atomic E-state index is 5.62. The maximum Gasteiger partial charge on any atom is 0.0636 e. The Balaban J connectivity index is 0. The van der Waals surface area contributed by atoms with Crippen LogP contribution in [-0.2, 0) is 17.6 Å². The summed E-state index contributed by atoms with van der Waals surface area (Å²) >= 11 is 0. The van der Waals surface area contributed by atoms with Gasteiger partial charge in [-0.1, -0.05) is 124 Å². The van der Waals surface area contributed by atoms with Crippen LogP contribution in [0.25, 0.3) is 11.6 Å². The molecule has 0 N–H and O–H groups in total. The van der Waals surface area contributed by atoms with E-state index in [2.05, 4.69) is 88.9 Å². The zero-order valence-electron chi connectivity index (χ0n) is 28.0. The Morgan fingerprint density at radius 3 is 2.23 bits per heavy atom. The molecule has 0 aliphatic heterocycles. The topological polar surface area (TPSA) is 22.1 Å². The first-order valence-electron chi connectivity index (χ1n) is 16.2. The molecule has 0 aliphatic rings. The van der Waals surface area contributed by atoms with Crippen molar-refractivity contribution in [1.29, 1.82) is 0 Å². The van der Waals surface area contributed by atoms with Crippen molar-refractivity contribution in [2.45, 2.75) is 121 Å². The van der Waals surface area contributed by atoms with Crippen LogP contribution in [0, 0.1) is 12.8 Å². The number of benzene rings is 1. The summed E-state index contributed by atoms with van der Waals surface area (Å²) < 4.78 is 5.62. The molecule has 0 saturated carbocycles. The minimum Gasteiger partial charge on any atom is -0.381 e. The molecule has 0 spiro atoms. The van der Waals surface area contributed by atoms with Crippen molar-refractivity contribution in [2.24, 2.45) is 5.92 Å². The Bertz CT molecular complexity index is 911. The minimum absolute atomic E-state index is 0.753. The fourth-order valence-electron chi connectivity index (χ4n) is 4.05. The normalized spacial score (nSPS) is 11.4. The second kappa shape index (κ2) is 28.1. The summed E-state index contributed by atoms with van der Waals surface area (Å²) in [6, 6.07) is 13.0. The first-order valence-corrected chi connectivity index (χ1v) is 16.2. The molecule has 0 aliphatic carbocycles. The van der Waals surface area contributed by atoms with E-state index in [0.29, 0.717) is 0 Å². The summed E-state index contributed by atoms with van der Waals surface area (Å²) in [5.41, 5.74) is 7.40. The number of allylic oxidation sites excluding steroid dienone is 3. The summed E-state index contributed by atoms with van der Waals surface area (Å²) in [6.07, 6.45) is 17.4. The van der Waals surface area contributed by atoms with Crippen molar-refractivity contribution in [3.63, 3.8) is 0 Å². The smallest absolute Gasteiger partial charge is 0.0636 e. The van der Waals surface area contributed by atoms with E-state index in [0.717, 1.165) is 63.4 Å². The molecule has 0 bridgehead atoms. The molecule has 1 atom stereocenters. The van der Waals surface area contributed by atoms with Crippen molar-refractivity contribution in [3.05, 3.63) is 89.3 Å². The van der Waals surface area contributed by atoms with Gasteiger partial charge in [0.15, 0.2) is 0 Å². The molecule has 1 heterocycles. The molecular formula is C38H63NO. The molecule has 2 nitrogen and oxygen atoms in total. The van der Waals surface area contributed by atoms with Gasteiger partial charge in [0.05, 0.1) is 12.3 Å². The third-order valence-electron chi connectivity index (χ3n) is 6.43. The Morgan fingerprint density at radius 1 is 0.950 bits per heavy atom. The molecule has 0 radical (unpaired) electrons. The number of aromatic nitrogens is 1. The third-order valence-corrected chi connectivity index (χ3v) is 6.43. The minimum atomic E-state index is 0.753. The summed E-state index contributed by atoms with van der Waals surface area (Å²) in [5.74, 6) is 0.753. The zero-order valence-corrected chi connectivity index (χ0v) is 28.0. The van der Waals surface area contributed by atoms with Crippen LogP contribution >= 0.6 is 0 Å². The van der Waals surface area contributed by atoms with E-state index in [-0.39, 0.29) is 0 Å². The van der Waals surface area contributed by atoms with Crippen molar-refractivity contribution >= 4 is 11.6 Å². The molecule has 40 heavy (non-hydrogen) atoms. The molecule has 2 heteroatoms. The van der Waals surface area contributed by atoms with Crippen LogP contribution < -0.4 is 0 Å². The quantitative estimate of drug-likeness (QED) is 0.153. The standard InChI is InChI=1S/C32H45NO.3C2H6/c1-6-23-34-24-13-12-21-30-25-31(29(8-3)20-14-16-26(4)7-2)27(5)32(33-30)22-15-19-28-17-10-9-11-18-28;3*1-2/h8-12,17-18,20-21,25-26H,3,6-7,13-16,19,22-24H2,1-2,4-5H3;3*1-2H3/b21-12-,29-20+;;;. The van der Waals surface area contributed by atoms with Crippen molar-refractivity contribution in [2.75, 3.05) is 13.2 Å². The number of hydrogen-bond donors (Lipinski definition) is 0. The molecule has 1 aromatic carbocycles. The lowest BCUT2D eigenvalue weighted by Gasteiger charge is -2.14. The maximum atomic E-state index is 5.62. The molecular weight excluding hydrogens is 486 g/mol. The van der Waals surface area contributed by atoms with Crippen LogP contribution in [0.2, 0.25) is 0 Å². The second-order valence-corrected chi connectivity index (χ2v) is 9.26. The lowest BCUT2D eigenvalue weighted by molar-refractivity contribution is 0.139. The third kappa shape index (κ3) is 17.3. The number of ether oxygens (including phenoxy) is 1. The van der Waals surface area contributed by atoms with Crippen molar-refractivity contribution < 1.29 is 4.74 Å². The molecule has 0 amide bonds. The van der Waals surface area contributed by atoms with Gasteiger partial charge in [-0.3, -0.25) is 4.98 Å². The van der Waals surface area contributed by atoms with Gasteiger partial charge in [0.1, 0.15) is 0 Å². The van der Waals surface area contributed by atoms with Gasteiger partial charge < -0.3 is 4.74 Å². The van der Waals surface area contributed by atoms with E-state index in [9.17, 15) is 0 Å². The monoisotopic (exact) mass is 549 g/mol. The lowest BCUT2D eigenvalue weighted by Crippen LogP contribution is -2.02. The number of nitrogens with zero attached hydrogens (tertiary/aromatic N) is 1. The summed E-state index contributed by atoms with van der Waals surface area (Å²) in [4.78, 5) is 5.05. The first-order chi connectivity index (χ1) is 19.6. The highest BCUT2D eigenvalue weighted by Crippen LogP contribution is 2.26. The molecule has 2 aromatic rings. The molecule has 1 aromatic heterocycles. The van der Waals surface area contributed by atoms with E-state index in [1.807, 2.05) is 47.6 Å². The Hall–Kier alpha value is -2.45. The van der Waals surface area contributed by atoms with E-state index in [1.54, 1.807) is 0 Å². The molecule has 1 unspecified atom stereocenters. The van der Waals surface area contributed by atoms with Crippen LogP contribution in [0.4, 0.5) is 0 Å². The Labute approximate surface area is 250 Å². The Morgan fingerprint density at radius 2 is 1.62 bits per heavy atom. The number of pyridine rings is 1. The molecule has 2 rings (SSSR count). The zero-order chi connectivity index (χ0) is 30.6. The number of hydrogen-bond acceptors (Lipinski definition) is 2. The number of rotatable bonds is 16. The van der Waals surface area contributed by atoms with E-state index in [1.165, 1.54) is 40.8 Å². The van der Waals surface area contributed by atoms with Crippen LogP contribution in [0.5, 0.6) is 0 Å². The van der Waals surface area contributed by atoms with Gasteiger partial charge in [-0.05, 0) is 92.2 Å². The van der Waals surface area contributed by atoms with Crippen LogP contribution in [0.3, 0.4) is 0 Å². The highest BCUT2D eigenvalue weighted by molar-refractivity contribution is 5.77. The van der Waals surface area contributed by atoms with E-state index >= 15 is 0 Å². The number of aryl methyl sites for hydroxylation is 2. The van der Waals surface area contributed by atoms with Crippen LogP contribution in [0.1, 0.15) is 129 Å². The highest BCUT2D eigenvalue weighted by Gasteiger charge is 2.11. The average molecular weight is 550 g/mol. The van der Waals surface area contributed by atoms with Gasteiger partial charge in [-0.15, -0.1) is 0 Å². The van der Waals surface area contributed by atoms with Gasteiger partial charge in [0.25, 0.3) is 0 Å². The average Bonchev–Trinajstić information content (AvgIpc) is 3.02. The van der Waals surface area contributed by atoms with Gasteiger partial charge in [-0.25, -0.2) is 0 Å². The van der Waals surface area contributed by atoms with E-state index in [4.69, 9.17) is 9.72 Å². The predicted octanol–water partition coefficient (Wildman–Crippen LogP) is 11.9. The van der Waals surface area contributed by atoms with Gasteiger partial charge in [0, 0.05) is 12.3 Å². The van der Waals surface area contributed by atoms with Crippen molar-refractivity contribution in [3.8, 4) is 0 Å². The highest BCUT2D eigenvalue weighted by atomic mass is 16.5. The molecule has 0 saturated heterocycles. The van der Waals surface area contributed by atoms with Gasteiger partial charge in [-0.2, -0.15) is 0 Å². The summed E-state index contributed by atoms with van der Waals surface area (Å²) in [7, 11) is 0. The van der Waals surface area contributed by atoms with Crippen molar-refractivity contribution in [1.82, 2.24) is 4.98 Å². The second-order valence-electron chi connectivity index (χ2n) is 9.26. The largest absolute Gasteiger partial charge is 0.381 e. The fourth-order valence-corrected chi connectivity index (χ4v) is 4.05.